The predicted molar refractivity (Wildman–Crippen MR) is 79.7 cm³/mol. The zero-order valence-corrected chi connectivity index (χ0v) is 12.0. The maximum absolute atomic E-state index is 11.7. The van der Waals surface area contributed by atoms with Crippen molar-refractivity contribution in [3.8, 4) is 5.75 Å². The van der Waals surface area contributed by atoms with E-state index in [4.69, 9.17) is 10.6 Å². The lowest BCUT2D eigenvalue weighted by molar-refractivity contribution is -0.121. The standard InChI is InChI=1S/C15H21N3O3/c16-17-14(19)7-1-2-10-21-13-6-3-5-12(11-13)18-9-4-8-15(18)20/h3,5-6,11H,1-2,4,7-10,16H2,(H,17,19). The molecule has 114 valence electrons. The second kappa shape index (κ2) is 7.64. The van der Waals surface area contributed by atoms with Crippen LogP contribution in [-0.4, -0.2) is 25.0 Å². The molecule has 0 spiro atoms. The Morgan fingerprint density at radius 2 is 2.24 bits per heavy atom. The average Bonchev–Trinajstić information content (AvgIpc) is 2.93. The fourth-order valence-electron chi connectivity index (χ4n) is 2.31. The Hall–Kier alpha value is -2.08. The minimum atomic E-state index is -0.162. The summed E-state index contributed by atoms with van der Waals surface area (Å²) in [5, 5.41) is 0. The molecule has 0 atom stereocenters. The summed E-state index contributed by atoms with van der Waals surface area (Å²) in [4.78, 5) is 24.5. The van der Waals surface area contributed by atoms with E-state index in [0.29, 0.717) is 19.4 Å². The number of hydrogen-bond donors (Lipinski definition) is 2. The van der Waals surface area contributed by atoms with Gasteiger partial charge in [0.15, 0.2) is 0 Å². The maximum atomic E-state index is 11.7. The molecule has 0 aliphatic carbocycles. The lowest BCUT2D eigenvalue weighted by atomic mass is 10.2. The third kappa shape index (κ3) is 4.46. The van der Waals surface area contributed by atoms with Gasteiger partial charge in [-0.25, -0.2) is 5.84 Å². The SMILES string of the molecule is NNC(=O)CCCCOc1cccc(N2CCCC2=O)c1. The predicted octanol–water partition coefficient (Wildman–Crippen LogP) is 1.35. The van der Waals surface area contributed by atoms with Crippen molar-refractivity contribution in [1.82, 2.24) is 5.43 Å². The van der Waals surface area contributed by atoms with Crippen molar-refractivity contribution in [2.75, 3.05) is 18.1 Å². The molecule has 3 N–H and O–H groups in total. The zero-order chi connectivity index (χ0) is 15.1. The number of nitrogens with two attached hydrogens (primary N) is 1. The molecular formula is C15H21N3O3. The molecule has 0 unspecified atom stereocenters. The summed E-state index contributed by atoms with van der Waals surface area (Å²) in [5.41, 5.74) is 2.99. The highest BCUT2D eigenvalue weighted by molar-refractivity contribution is 5.95. The van der Waals surface area contributed by atoms with Gasteiger partial charge >= 0.3 is 0 Å². The third-order valence-corrected chi connectivity index (χ3v) is 3.43. The molecule has 1 fully saturated rings. The first-order chi connectivity index (χ1) is 10.2. The molecule has 1 aromatic rings. The Kier molecular flexibility index (Phi) is 5.57. The number of anilines is 1. The van der Waals surface area contributed by atoms with Crippen LogP contribution in [0, 0.1) is 0 Å². The number of carbonyl (C=O) groups excluding carboxylic acids is 2. The summed E-state index contributed by atoms with van der Waals surface area (Å²) in [6.45, 7) is 1.31. The number of benzene rings is 1. The van der Waals surface area contributed by atoms with Gasteiger partial charge in [0.2, 0.25) is 11.8 Å². The molecule has 0 bridgehead atoms. The van der Waals surface area contributed by atoms with Crippen molar-refractivity contribution in [3.63, 3.8) is 0 Å². The molecule has 2 amide bonds. The molecule has 1 saturated heterocycles. The highest BCUT2D eigenvalue weighted by Crippen LogP contribution is 2.25. The fraction of sp³-hybridized carbons (Fsp3) is 0.467. The number of ether oxygens (including phenoxy) is 1. The van der Waals surface area contributed by atoms with Crippen LogP contribution < -0.4 is 20.9 Å². The van der Waals surface area contributed by atoms with Gasteiger partial charge in [0, 0.05) is 31.1 Å². The van der Waals surface area contributed by atoms with E-state index in [2.05, 4.69) is 5.43 Å². The van der Waals surface area contributed by atoms with E-state index in [1.807, 2.05) is 24.3 Å². The van der Waals surface area contributed by atoms with Crippen molar-refractivity contribution in [1.29, 1.82) is 0 Å². The number of carbonyl (C=O) groups is 2. The van der Waals surface area contributed by atoms with Crippen molar-refractivity contribution >= 4 is 17.5 Å². The first-order valence-corrected chi connectivity index (χ1v) is 7.23. The van der Waals surface area contributed by atoms with Crippen LogP contribution in [-0.2, 0) is 9.59 Å². The van der Waals surface area contributed by atoms with Crippen molar-refractivity contribution in [3.05, 3.63) is 24.3 Å². The molecule has 1 aliphatic heterocycles. The van der Waals surface area contributed by atoms with Gasteiger partial charge < -0.3 is 9.64 Å². The zero-order valence-electron chi connectivity index (χ0n) is 12.0. The number of hydrogen-bond acceptors (Lipinski definition) is 4. The molecule has 2 rings (SSSR count). The van der Waals surface area contributed by atoms with Gasteiger partial charge in [0.25, 0.3) is 0 Å². The van der Waals surface area contributed by atoms with Crippen molar-refractivity contribution < 1.29 is 14.3 Å². The largest absolute Gasteiger partial charge is 0.494 e. The highest BCUT2D eigenvalue weighted by Gasteiger charge is 2.21. The summed E-state index contributed by atoms with van der Waals surface area (Å²) >= 11 is 0. The average molecular weight is 291 g/mol. The molecule has 1 aromatic carbocycles. The normalized spacial score (nSPS) is 14.3. The van der Waals surface area contributed by atoms with Gasteiger partial charge in [0.05, 0.1) is 6.61 Å². The molecule has 0 aromatic heterocycles. The molecule has 21 heavy (non-hydrogen) atoms. The van der Waals surface area contributed by atoms with Crippen molar-refractivity contribution in [2.24, 2.45) is 5.84 Å². The van der Waals surface area contributed by atoms with Gasteiger partial charge in [-0.15, -0.1) is 0 Å². The van der Waals surface area contributed by atoms with E-state index in [1.54, 1.807) is 4.90 Å². The van der Waals surface area contributed by atoms with Crippen LogP contribution in [0.4, 0.5) is 5.69 Å². The lowest BCUT2D eigenvalue weighted by Crippen LogP contribution is -2.29. The molecule has 6 nitrogen and oxygen atoms in total. The van der Waals surface area contributed by atoms with Crippen molar-refractivity contribution in [2.45, 2.75) is 32.1 Å². The van der Waals surface area contributed by atoms with E-state index >= 15 is 0 Å². The highest BCUT2D eigenvalue weighted by atomic mass is 16.5. The van der Waals surface area contributed by atoms with E-state index in [0.717, 1.165) is 37.2 Å². The quantitative estimate of drug-likeness (QED) is 0.344. The number of nitrogens with zero attached hydrogens (tertiary/aromatic N) is 1. The summed E-state index contributed by atoms with van der Waals surface area (Å²) in [6.07, 6.45) is 3.44. The minimum absolute atomic E-state index is 0.162. The third-order valence-electron chi connectivity index (χ3n) is 3.43. The summed E-state index contributed by atoms with van der Waals surface area (Å²) < 4.78 is 5.66. The summed E-state index contributed by atoms with van der Waals surface area (Å²) in [7, 11) is 0. The monoisotopic (exact) mass is 291 g/mol. The van der Waals surface area contributed by atoms with Crippen LogP contribution in [0.3, 0.4) is 0 Å². The first kappa shape index (κ1) is 15.3. The Bertz CT molecular complexity index is 505. The Labute approximate surface area is 124 Å². The van der Waals surface area contributed by atoms with Gasteiger partial charge in [-0.05, 0) is 31.4 Å². The van der Waals surface area contributed by atoms with Crippen LogP contribution in [0.2, 0.25) is 0 Å². The van der Waals surface area contributed by atoms with E-state index in [1.165, 1.54) is 0 Å². The number of hydrazine groups is 1. The minimum Gasteiger partial charge on any atom is -0.494 e. The number of rotatable bonds is 7. The first-order valence-electron chi connectivity index (χ1n) is 7.23. The summed E-state index contributed by atoms with van der Waals surface area (Å²) in [5.74, 6) is 5.75. The van der Waals surface area contributed by atoms with Gasteiger partial charge in [-0.2, -0.15) is 0 Å². The van der Waals surface area contributed by atoms with Crippen LogP contribution in [0.5, 0.6) is 5.75 Å². The lowest BCUT2D eigenvalue weighted by Gasteiger charge is -2.16. The van der Waals surface area contributed by atoms with Crippen LogP contribution >= 0.6 is 0 Å². The number of unbranched alkanes of at least 4 members (excludes halogenated alkanes) is 1. The van der Waals surface area contributed by atoms with Gasteiger partial charge in [-0.1, -0.05) is 6.07 Å². The molecule has 1 aliphatic rings. The van der Waals surface area contributed by atoms with Gasteiger partial charge in [0.1, 0.15) is 5.75 Å². The molecule has 6 heteroatoms. The second-order valence-corrected chi connectivity index (χ2v) is 5.02. The number of amides is 2. The second-order valence-electron chi connectivity index (χ2n) is 5.02. The summed E-state index contributed by atoms with van der Waals surface area (Å²) in [6, 6.07) is 7.56. The van der Waals surface area contributed by atoms with Crippen LogP contribution in [0.15, 0.2) is 24.3 Å². The van der Waals surface area contributed by atoms with Crippen LogP contribution in [0.1, 0.15) is 32.1 Å². The Balaban J connectivity index is 1.79. The van der Waals surface area contributed by atoms with E-state index in [-0.39, 0.29) is 11.8 Å². The van der Waals surface area contributed by atoms with Gasteiger partial charge in [-0.3, -0.25) is 15.0 Å². The van der Waals surface area contributed by atoms with E-state index < -0.39 is 0 Å². The topological polar surface area (TPSA) is 84.7 Å². The number of nitrogens with one attached hydrogen (secondary N) is 1. The molecule has 1 heterocycles. The van der Waals surface area contributed by atoms with Crippen LogP contribution in [0.25, 0.3) is 0 Å². The van der Waals surface area contributed by atoms with E-state index in [9.17, 15) is 9.59 Å². The Morgan fingerprint density at radius 3 is 2.95 bits per heavy atom. The molecule has 0 saturated carbocycles. The fourth-order valence-corrected chi connectivity index (χ4v) is 2.31. The Morgan fingerprint density at radius 1 is 1.38 bits per heavy atom. The maximum Gasteiger partial charge on any atom is 0.233 e. The smallest absolute Gasteiger partial charge is 0.233 e. The molecule has 0 radical (unpaired) electrons. The molecular weight excluding hydrogens is 270 g/mol.